The van der Waals surface area contributed by atoms with E-state index in [1.54, 1.807) is 0 Å². The Morgan fingerprint density at radius 2 is 2.00 bits per heavy atom. The van der Waals surface area contributed by atoms with Crippen LogP contribution in [0.15, 0.2) is 24.3 Å². The summed E-state index contributed by atoms with van der Waals surface area (Å²) in [5, 5.41) is 5.85. The second kappa shape index (κ2) is 6.88. The number of benzene rings is 1. The molecule has 1 fully saturated rings. The van der Waals surface area contributed by atoms with Crippen LogP contribution in [0.4, 0.5) is 10.1 Å². The maximum atomic E-state index is 12.7. The van der Waals surface area contributed by atoms with Gasteiger partial charge in [0.1, 0.15) is 5.82 Å². The third kappa shape index (κ3) is 4.70. The number of hydrogen-bond acceptors (Lipinski definition) is 3. The molecule has 0 atom stereocenters. The van der Waals surface area contributed by atoms with Crippen molar-refractivity contribution in [3.05, 3.63) is 30.1 Å². The summed E-state index contributed by atoms with van der Waals surface area (Å²) in [4.78, 5) is 13.7. The van der Waals surface area contributed by atoms with Crippen LogP contribution < -0.4 is 10.6 Å². The van der Waals surface area contributed by atoms with Crippen molar-refractivity contribution in [2.75, 3.05) is 38.0 Å². The van der Waals surface area contributed by atoms with Crippen molar-refractivity contribution in [1.82, 2.24) is 10.2 Å². The number of carbonyl (C=O) groups is 1. The summed E-state index contributed by atoms with van der Waals surface area (Å²) in [6, 6.07) is 5.60. The van der Waals surface area contributed by atoms with E-state index >= 15 is 0 Å². The minimum Gasteiger partial charge on any atom is -0.315 e. The number of piperazine rings is 1. The predicted octanol–water partition coefficient (Wildman–Crippen LogP) is 0.673. The summed E-state index contributed by atoms with van der Waals surface area (Å²) in [6.45, 7) is 4.42. The van der Waals surface area contributed by atoms with Crippen LogP contribution in [0.2, 0.25) is 0 Å². The van der Waals surface area contributed by atoms with E-state index in [4.69, 9.17) is 0 Å². The molecule has 0 aliphatic carbocycles. The van der Waals surface area contributed by atoms with E-state index in [2.05, 4.69) is 27.4 Å². The number of rotatable bonds is 2. The Morgan fingerprint density at radius 1 is 1.32 bits per heavy atom. The normalized spacial score (nSPS) is 15.4. The molecule has 0 radical (unpaired) electrons. The summed E-state index contributed by atoms with van der Waals surface area (Å²) in [6.07, 6.45) is 0. The van der Waals surface area contributed by atoms with Crippen LogP contribution in [0.5, 0.6) is 0 Å². The first kappa shape index (κ1) is 13.5. The first-order valence-corrected chi connectivity index (χ1v) is 6.22. The van der Waals surface area contributed by atoms with Crippen LogP contribution in [0.3, 0.4) is 0 Å². The van der Waals surface area contributed by atoms with Gasteiger partial charge in [-0.05, 0) is 30.2 Å². The van der Waals surface area contributed by atoms with Gasteiger partial charge in [0.25, 0.3) is 5.91 Å². The van der Waals surface area contributed by atoms with Gasteiger partial charge in [-0.25, -0.2) is 4.39 Å². The summed E-state index contributed by atoms with van der Waals surface area (Å²) in [7, 11) is 0. The Labute approximate surface area is 112 Å². The number of nitrogens with zero attached hydrogens (tertiary/aromatic N) is 1. The third-order valence-corrected chi connectivity index (χ3v) is 2.82. The summed E-state index contributed by atoms with van der Waals surface area (Å²) in [5.41, 5.74) is 0.544. The van der Waals surface area contributed by atoms with E-state index in [9.17, 15) is 9.18 Å². The summed E-state index contributed by atoms with van der Waals surface area (Å²) >= 11 is 0. The largest absolute Gasteiger partial charge is 0.315 e. The standard InChI is InChI=1S/C14H16FN3O/c15-12-3-5-13(6-4-12)17-14(19)2-1-9-18-10-7-16-8-11-18/h3-6,16H,7-11H2,(H,17,19). The Bertz CT molecular complexity index is 484. The van der Waals surface area contributed by atoms with Crippen LogP contribution >= 0.6 is 0 Å². The lowest BCUT2D eigenvalue weighted by atomic mass is 10.3. The molecule has 1 aromatic rings. The van der Waals surface area contributed by atoms with Crippen molar-refractivity contribution in [2.24, 2.45) is 0 Å². The smallest absolute Gasteiger partial charge is 0.300 e. The van der Waals surface area contributed by atoms with Crippen molar-refractivity contribution in [3.8, 4) is 11.8 Å². The van der Waals surface area contributed by atoms with Gasteiger partial charge < -0.3 is 10.6 Å². The van der Waals surface area contributed by atoms with Crippen molar-refractivity contribution < 1.29 is 9.18 Å². The average Bonchev–Trinajstić information content (AvgIpc) is 2.43. The number of nitrogens with one attached hydrogen (secondary N) is 2. The first-order chi connectivity index (χ1) is 9.24. The van der Waals surface area contributed by atoms with Crippen LogP contribution in [-0.2, 0) is 4.79 Å². The van der Waals surface area contributed by atoms with Crippen LogP contribution in [0.25, 0.3) is 0 Å². The Balaban J connectivity index is 1.79. The molecule has 4 nitrogen and oxygen atoms in total. The van der Waals surface area contributed by atoms with Gasteiger partial charge in [0.15, 0.2) is 0 Å². The zero-order valence-corrected chi connectivity index (χ0v) is 10.6. The molecule has 1 saturated heterocycles. The van der Waals surface area contributed by atoms with Gasteiger partial charge in [0.2, 0.25) is 0 Å². The molecule has 5 heteroatoms. The SMILES string of the molecule is O=C(C#CCN1CCNCC1)Nc1ccc(F)cc1. The van der Waals surface area contributed by atoms with E-state index in [1.165, 1.54) is 24.3 Å². The van der Waals surface area contributed by atoms with Gasteiger partial charge in [0, 0.05) is 31.9 Å². The molecule has 1 amide bonds. The predicted molar refractivity (Wildman–Crippen MR) is 72.1 cm³/mol. The third-order valence-electron chi connectivity index (χ3n) is 2.82. The Kier molecular flexibility index (Phi) is 4.90. The molecule has 1 aliphatic heterocycles. The number of amides is 1. The summed E-state index contributed by atoms with van der Waals surface area (Å²) < 4.78 is 12.7. The van der Waals surface area contributed by atoms with Crippen molar-refractivity contribution >= 4 is 11.6 Å². The molecular weight excluding hydrogens is 245 g/mol. The molecule has 2 N–H and O–H groups in total. The molecule has 1 aliphatic rings. The molecule has 1 heterocycles. The zero-order chi connectivity index (χ0) is 13.5. The highest BCUT2D eigenvalue weighted by molar-refractivity contribution is 6.03. The van der Waals surface area contributed by atoms with Gasteiger partial charge >= 0.3 is 0 Å². The van der Waals surface area contributed by atoms with Gasteiger partial charge in [-0.2, -0.15) is 0 Å². The number of halogens is 1. The lowest BCUT2D eigenvalue weighted by Crippen LogP contribution is -2.43. The Hall–Kier alpha value is -1.90. The molecule has 0 aromatic heterocycles. The highest BCUT2D eigenvalue weighted by atomic mass is 19.1. The van der Waals surface area contributed by atoms with Gasteiger partial charge in [0.05, 0.1) is 6.54 Å². The minimum atomic E-state index is -0.373. The minimum absolute atomic E-state index is 0.331. The lowest BCUT2D eigenvalue weighted by molar-refractivity contribution is -0.111. The second-order valence-electron chi connectivity index (χ2n) is 4.29. The molecule has 1 aromatic carbocycles. The summed E-state index contributed by atoms with van der Waals surface area (Å²) in [5.74, 6) is 4.68. The molecule has 19 heavy (non-hydrogen) atoms. The van der Waals surface area contributed by atoms with Gasteiger partial charge in [-0.15, -0.1) is 0 Å². The highest BCUT2D eigenvalue weighted by Gasteiger charge is 2.06. The molecule has 0 bridgehead atoms. The number of hydrogen-bond donors (Lipinski definition) is 2. The first-order valence-electron chi connectivity index (χ1n) is 6.22. The van der Waals surface area contributed by atoms with Crippen LogP contribution in [0.1, 0.15) is 0 Å². The fourth-order valence-corrected chi connectivity index (χ4v) is 1.80. The number of carbonyl (C=O) groups excluding carboxylic acids is 1. The van der Waals surface area contributed by atoms with E-state index in [1.807, 2.05) is 0 Å². The molecule has 0 unspecified atom stereocenters. The topological polar surface area (TPSA) is 44.4 Å². The van der Waals surface area contributed by atoms with E-state index in [-0.39, 0.29) is 11.7 Å². The fraction of sp³-hybridized carbons (Fsp3) is 0.357. The maximum absolute atomic E-state index is 12.7. The van der Waals surface area contributed by atoms with Crippen molar-refractivity contribution in [1.29, 1.82) is 0 Å². The van der Waals surface area contributed by atoms with Crippen molar-refractivity contribution in [3.63, 3.8) is 0 Å². The lowest BCUT2D eigenvalue weighted by Gasteiger charge is -2.24. The average molecular weight is 261 g/mol. The molecule has 0 saturated carbocycles. The van der Waals surface area contributed by atoms with E-state index < -0.39 is 0 Å². The fourth-order valence-electron chi connectivity index (χ4n) is 1.80. The molecule has 100 valence electrons. The monoisotopic (exact) mass is 261 g/mol. The molecular formula is C14H16FN3O. The molecule has 2 rings (SSSR count). The molecule has 0 spiro atoms. The van der Waals surface area contributed by atoms with E-state index in [0.29, 0.717) is 12.2 Å². The quantitative estimate of drug-likeness (QED) is 0.769. The van der Waals surface area contributed by atoms with Crippen LogP contribution in [-0.4, -0.2) is 43.5 Å². The van der Waals surface area contributed by atoms with Crippen molar-refractivity contribution in [2.45, 2.75) is 0 Å². The maximum Gasteiger partial charge on any atom is 0.300 e. The second-order valence-corrected chi connectivity index (χ2v) is 4.29. The van der Waals surface area contributed by atoms with Gasteiger partial charge in [-0.1, -0.05) is 5.92 Å². The van der Waals surface area contributed by atoms with E-state index in [0.717, 1.165) is 26.2 Å². The zero-order valence-electron chi connectivity index (χ0n) is 10.6. The number of anilines is 1. The van der Waals surface area contributed by atoms with Gasteiger partial charge in [-0.3, -0.25) is 9.69 Å². The van der Waals surface area contributed by atoms with Crippen LogP contribution in [0, 0.1) is 17.7 Å². The highest BCUT2D eigenvalue weighted by Crippen LogP contribution is 2.07. The Morgan fingerprint density at radius 3 is 2.68 bits per heavy atom.